The normalized spacial score (nSPS) is 17.2. The fourth-order valence-electron chi connectivity index (χ4n) is 3.57. The highest BCUT2D eigenvalue weighted by molar-refractivity contribution is 7.98. The van der Waals surface area contributed by atoms with Gasteiger partial charge in [-0.05, 0) is 47.8 Å². The molecule has 1 aliphatic rings. The Hall–Kier alpha value is -2.07. The van der Waals surface area contributed by atoms with E-state index in [0.717, 1.165) is 30.5 Å². The molecule has 0 amide bonds. The summed E-state index contributed by atoms with van der Waals surface area (Å²) in [6.45, 7) is 0. The van der Waals surface area contributed by atoms with Crippen molar-refractivity contribution in [2.24, 2.45) is 0 Å². The van der Waals surface area contributed by atoms with Crippen LogP contribution in [0.1, 0.15) is 29.2 Å². The lowest BCUT2D eigenvalue weighted by molar-refractivity contribution is 0.562. The lowest BCUT2D eigenvalue weighted by atomic mass is 9.81. The van der Waals surface area contributed by atoms with Crippen molar-refractivity contribution in [3.8, 4) is 0 Å². The molecule has 4 rings (SSSR count). The second kappa shape index (κ2) is 5.85. The topological polar surface area (TPSA) is 45.8 Å². The van der Waals surface area contributed by atoms with Crippen molar-refractivity contribution < 1.29 is 0 Å². The van der Waals surface area contributed by atoms with E-state index in [9.17, 15) is 4.79 Å². The molecule has 1 aromatic heterocycles. The highest BCUT2D eigenvalue weighted by Crippen LogP contribution is 2.34. The molecule has 3 aromatic rings. The zero-order chi connectivity index (χ0) is 15.8. The molecule has 116 valence electrons. The summed E-state index contributed by atoms with van der Waals surface area (Å²) in [4.78, 5) is 19.7. The lowest BCUT2D eigenvalue weighted by Gasteiger charge is -2.25. The van der Waals surface area contributed by atoms with Crippen molar-refractivity contribution in [2.75, 3.05) is 6.26 Å². The quantitative estimate of drug-likeness (QED) is 0.574. The van der Waals surface area contributed by atoms with E-state index in [2.05, 4.69) is 52.4 Å². The molecule has 4 heteroatoms. The van der Waals surface area contributed by atoms with Crippen LogP contribution in [0.4, 0.5) is 0 Å². The molecule has 1 heterocycles. The van der Waals surface area contributed by atoms with Crippen molar-refractivity contribution in [2.45, 2.75) is 30.3 Å². The molecular formula is C19H18N2OS. The standard InChI is InChI=1S/C19H18N2OS/c1-23-19-20-17-11-13(9-10-16(17)18(22)21-19)15-8-4-6-12-5-2-3-7-14(12)15/h2-8,13H,9-11H2,1H3,(H,20,21,22). The zero-order valence-corrected chi connectivity index (χ0v) is 13.8. The number of rotatable bonds is 2. The van der Waals surface area contributed by atoms with Crippen LogP contribution in [-0.4, -0.2) is 16.2 Å². The minimum Gasteiger partial charge on any atom is -0.301 e. The average molecular weight is 322 g/mol. The summed E-state index contributed by atoms with van der Waals surface area (Å²) in [5.41, 5.74) is 3.26. The molecule has 3 nitrogen and oxygen atoms in total. The Bertz CT molecular complexity index is 927. The molecule has 2 aromatic carbocycles. The van der Waals surface area contributed by atoms with Crippen LogP contribution in [0.25, 0.3) is 10.8 Å². The number of aromatic nitrogens is 2. The van der Waals surface area contributed by atoms with Crippen LogP contribution in [0.15, 0.2) is 52.4 Å². The molecule has 0 saturated carbocycles. The first-order valence-corrected chi connectivity index (χ1v) is 9.12. The van der Waals surface area contributed by atoms with Crippen LogP contribution in [0.3, 0.4) is 0 Å². The number of benzene rings is 2. The van der Waals surface area contributed by atoms with E-state index in [1.54, 1.807) is 0 Å². The first kappa shape index (κ1) is 14.5. The third kappa shape index (κ3) is 2.57. The van der Waals surface area contributed by atoms with Gasteiger partial charge in [-0.25, -0.2) is 4.98 Å². The van der Waals surface area contributed by atoms with Crippen molar-refractivity contribution >= 4 is 22.5 Å². The van der Waals surface area contributed by atoms with E-state index in [0.29, 0.717) is 11.1 Å². The summed E-state index contributed by atoms with van der Waals surface area (Å²) in [5.74, 6) is 0.428. The zero-order valence-electron chi connectivity index (χ0n) is 13.0. The monoisotopic (exact) mass is 322 g/mol. The van der Waals surface area contributed by atoms with Gasteiger partial charge in [0.05, 0.1) is 5.69 Å². The highest BCUT2D eigenvalue weighted by atomic mass is 32.2. The van der Waals surface area contributed by atoms with Crippen LogP contribution >= 0.6 is 11.8 Å². The van der Waals surface area contributed by atoms with Gasteiger partial charge >= 0.3 is 0 Å². The summed E-state index contributed by atoms with van der Waals surface area (Å²) < 4.78 is 0. The smallest absolute Gasteiger partial charge is 0.254 e. The number of nitrogens with zero attached hydrogens (tertiary/aromatic N) is 1. The third-order valence-electron chi connectivity index (χ3n) is 4.72. The van der Waals surface area contributed by atoms with Crippen molar-refractivity contribution in [3.05, 3.63) is 69.6 Å². The second-order valence-electron chi connectivity index (χ2n) is 6.01. The van der Waals surface area contributed by atoms with E-state index >= 15 is 0 Å². The van der Waals surface area contributed by atoms with Crippen LogP contribution in [0, 0.1) is 0 Å². The van der Waals surface area contributed by atoms with Gasteiger partial charge in [-0.15, -0.1) is 0 Å². The minimum atomic E-state index is 0.0377. The number of thioether (sulfide) groups is 1. The minimum absolute atomic E-state index is 0.0377. The van der Waals surface area contributed by atoms with Gasteiger partial charge in [0.25, 0.3) is 5.56 Å². The van der Waals surface area contributed by atoms with Gasteiger partial charge in [-0.2, -0.15) is 0 Å². The van der Waals surface area contributed by atoms with E-state index in [-0.39, 0.29) is 5.56 Å². The Morgan fingerprint density at radius 3 is 2.87 bits per heavy atom. The maximum absolute atomic E-state index is 12.2. The van der Waals surface area contributed by atoms with Gasteiger partial charge < -0.3 is 4.98 Å². The molecule has 0 radical (unpaired) electrons. The molecule has 23 heavy (non-hydrogen) atoms. The Morgan fingerprint density at radius 2 is 2.00 bits per heavy atom. The number of hydrogen-bond acceptors (Lipinski definition) is 3. The van der Waals surface area contributed by atoms with Crippen molar-refractivity contribution in [1.29, 1.82) is 0 Å². The summed E-state index contributed by atoms with van der Waals surface area (Å²) in [6.07, 6.45) is 4.60. The summed E-state index contributed by atoms with van der Waals surface area (Å²) in [6, 6.07) is 15.0. The molecule has 0 fully saturated rings. The van der Waals surface area contributed by atoms with Gasteiger partial charge in [0.2, 0.25) is 0 Å². The molecule has 0 bridgehead atoms. The van der Waals surface area contributed by atoms with Gasteiger partial charge in [0.1, 0.15) is 0 Å². The molecule has 0 saturated heterocycles. The van der Waals surface area contributed by atoms with Crippen LogP contribution in [0.2, 0.25) is 0 Å². The first-order valence-electron chi connectivity index (χ1n) is 7.90. The fraction of sp³-hybridized carbons (Fsp3) is 0.263. The van der Waals surface area contributed by atoms with Crippen LogP contribution in [0.5, 0.6) is 0 Å². The van der Waals surface area contributed by atoms with Gasteiger partial charge in [-0.1, -0.05) is 54.2 Å². The Labute approximate surface area is 139 Å². The maximum atomic E-state index is 12.2. The Kier molecular flexibility index (Phi) is 3.69. The van der Waals surface area contributed by atoms with E-state index < -0.39 is 0 Å². The van der Waals surface area contributed by atoms with E-state index in [1.807, 2.05) is 6.26 Å². The molecular weight excluding hydrogens is 304 g/mol. The molecule has 1 unspecified atom stereocenters. The molecule has 0 aliphatic heterocycles. The number of H-pyrrole nitrogens is 1. The SMILES string of the molecule is CSc1nc2c(c(=O)[nH]1)CCC(c1cccc3ccccc13)C2. The summed E-state index contributed by atoms with van der Waals surface area (Å²) >= 11 is 1.49. The molecule has 1 N–H and O–H groups in total. The van der Waals surface area contributed by atoms with Gasteiger partial charge in [0.15, 0.2) is 5.16 Å². The van der Waals surface area contributed by atoms with Crippen molar-refractivity contribution in [3.63, 3.8) is 0 Å². The molecule has 1 aliphatic carbocycles. The van der Waals surface area contributed by atoms with Crippen LogP contribution < -0.4 is 5.56 Å². The van der Waals surface area contributed by atoms with Gasteiger partial charge in [-0.3, -0.25) is 4.79 Å². The lowest BCUT2D eigenvalue weighted by Crippen LogP contribution is -2.24. The highest BCUT2D eigenvalue weighted by Gasteiger charge is 2.25. The first-order chi connectivity index (χ1) is 11.3. The third-order valence-corrected chi connectivity index (χ3v) is 5.30. The Balaban J connectivity index is 1.78. The number of fused-ring (bicyclic) bond motifs is 2. The summed E-state index contributed by atoms with van der Waals surface area (Å²) in [5, 5.41) is 3.31. The predicted molar refractivity (Wildman–Crippen MR) is 95.4 cm³/mol. The van der Waals surface area contributed by atoms with Crippen molar-refractivity contribution in [1.82, 2.24) is 9.97 Å². The molecule has 0 spiro atoms. The van der Waals surface area contributed by atoms with Crippen LogP contribution in [-0.2, 0) is 12.8 Å². The maximum Gasteiger partial charge on any atom is 0.254 e. The Morgan fingerprint density at radius 1 is 1.17 bits per heavy atom. The number of aromatic amines is 1. The molecule has 1 atom stereocenters. The van der Waals surface area contributed by atoms with E-state index in [1.165, 1.54) is 28.1 Å². The number of nitrogens with one attached hydrogen (secondary N) is 1. The largest absolute Gasteiger partial charge is 0.301 e. The predicted octanol–water partition coefficient (Wildman–Crippen LogP) is 3.92. The van der Waals surface area contributed by atoms with Gasteiger partial charge in [0, 0.05) is 5.56 Å². The average Bonchev–Trinajstić information content (AvgIpc) is 2.60. The second-order valence-corrected chi connectivity index (χ2v) is 6.80. The number of hydrogen-bond donors (Lipinski definition) is 1. The van der Waals surface area contributed by atoms with E-state index in [4.69, 9.17) is 0 Å². The fourth-order valence-corrected chi connectivity index (χ4v) is 3.97. The summed E-state index contributed by atoms with van der Waals surface area (Å²) in [7, 11) is 0.